The molecule has 33 heavy (non-hydrogen) atoms. The summed E-state index contributed by atoms with van der Waals surface area (Å²) in [5.74, 6) is 2.64. The molecule has 0 atom stereocenters. The Kier molecular flexibility index (Phi) is 9.03. The third-order valence-electron chi connectivity index (χ3n) is 5.24. The SMILES string of the molecule is CCOc1c(Br)cc(/C=C2/CCC/C(=C\c3cc(Br)c(OCC)c(OC)c3)C2=O)cc1OC. The molecule has 0 bridgehead atoms. The van der Waals surface area contributed by atoms with E-state index < -0.39 is 0 Å². The van der Waals surface area contributed by atoms with Crippen molar-refractivity contribution in [3.05, 3.63) is 55.5 Å². The Bertz CT molecular complexity index is 1010. The molecule has 1 fully saturated rings. The zero-order valence-electron chi connectivity index (χ0n) is 19.3. The molecule has 0 unspecified atom stereocenters. The third-order valence-corrected chi connectivity index (χ3v) is 6.42. The lowest BCUT2D eigenvalue weighted by Gasteiger charge is -2.18. The number of carbonyl (C=O) groups excluding carboxylic acids is 1. The molecule has 5 nitrogen and oxygen atoms in total. The first-order valence-corrected chi connectivity index (χ1v) is 12.5. The number of methoxy groups -OCH3 is 2. The molecular weight excluding hydrogens is 552 g/mol. The summed E-state index contributed by atoms with van der Waals surface area (Å²) in [6.07, 6.45) is 6.26. The smallest absolute Gasteiger partial charge is 0.185 e. The Morgan fingerprint density at radius 3 is 1.58 bits per heavy atom. The van der Waals surface area contributed by atoms with Gasteiger partial charge in [0.15, 0.2) is 28.8 Å². The van der Waals surface area contributed by atoms with Crippen molar-refractivity contribution in [3.63, 3.8) is 0 Å². The Morgan fingerprint density at radius 2 is 1.21 bits per heavy atom. The predicted molar refractivity (Wildman–Crippen MR) is 139 cm³/mol. The fourth-order valence-corrected chi connectivity index (χ4v) is 4.94. The summed E-state index contributed by atoms with van der Waals surface area (Å²) in [5.41, 5.74) is 3.33. The molecule has 0 N–H and O–H groups in total. The normalized spacial score (nSPS) is 16.2. The van der Waals surface area contributed by atoms with Gasteiger partial charge in [-0.25, -0.2) is 0 Å². The first kappa shape index (κ1) is 25.4. The summed E-state index contributed by atoms with van der Waals surface area (Å²) in [4.78, 5) is 13.3. The monoisotopic (exact) mass is 578 g/mol. The molecule has 0 spiro atoms. The maximum Gasteiger partial charge on any atom is 0.185 e. The molecule has 1 aliphatic carbocycles. The number of hydrogen-bond acceptors (Lipinski definition) is 5. The van der Waals surface area contributed by atoms with Crippen molar-refractivity contribution >= 4 is 49.8 Å². The average molecular weight is 580 g/mol. The van der Waals surface area contributed by atoms with Crippen molar-refractivity contribution in [1.82, 2.24) is 0 Å². The molecule has 0 heterocycles. The highest BCUT2D eigenvalue weighted by Crippen LogP contribution is 2.39. The number of allylic oxidation sites excluding steroid dienone is 2. The fourth-order valence-electron chi connectivity index (χ4n) is 3.80. The minimum atomic E-state index is 0.0641. The van der Waals surface area contributed by atoms with Gasteiger partial charge in [-0.2, -0.15) is 0 Å². The van der Waals surface area contributed by atoms with Crippen LogP contribution in [0.4, 0.5) is 0 Å². The van der Waals surface area contributed by atoms with Gasteiger partial charge in [0.1, 0.15) is 0 Å². The number of benzene rings is 2. The van der Waals surface area contributed by atoms with E-state index in [0.717, 1.165) is 50.5 Å². The molecule has 3 rings (SSSR count). The second kappa shape index (κ2) is 11.7. The maximum absolute atomic E-state index is 13.3. The molecule has 0 aliphatic heterocycles. The average Bonchev–Trinajstić information content (AvgIpc) is 2.79. The van der Waals surface area contributed by atoms with E-state index in [1.54, 1.807) is 14.2 Å². The molecule has 7 heteroatoms. The zero-order chi connectivity index (χ0) is 24.0. The van der Waals surface area contributed by atoms with E-state index >= 15 is 0 Å². The molecule has 176 valence electrons. The van der Waals surface area contributed by atoms with Crippen LogP contribution in [-0.4, -0.2) is 33.2 Å². The lowest BCUT2D eigenvalue weighted by atomic mass is 9.87. The highest BCUT2D eigenvalue weighted by molar-refractivity contribution is 9.11. The second-order valence-corrected chi connectivity index (χ2v) is 9.16. The van der Waals surface area contributed by atoms with Crippen LogP contribution in [0.25, 0.3) is 12.2 Å². The maximum atomic E-state index is 13.3. The number of ether oxygens (including phenoxy) is 4. The van der Waals surface area contributed by atoms with Crippen LogP contribution in [0, 0.1) is 0 Å². The molecule has 1 aliphatic rings. The summed E-state index contributed by atoms with van der Waals surface area (Å²) in [6.45, 7) is 4.92. The van der Waals surface area contributed by atoms with E-state index in [2.05, 4.69) is 31.9 Å². The van der Waals surface area contributed by atoms with E-state index in [-0.39, 0.29) is 5.78 Å². The predicted octanol–water partition coefficient (Wildman–Crippen LogP) is 7.25. The number of carbonyl (C=O) groups is 1. The number of rotatable bonds is 8. The largest absolute Gasteiger partial charge is 0.493 e. The topological polar surface area (TPSA) is 54.0 Å². The minimum absolute atomic E-state index is 0.0641. The van der Waals surface area contributed by atoms with Gasteiger partial charge in [-0.15, -0.1) is 0 Å². The Balaban J connectivity index is 1.93. The van der Waals surface area contributed by atoms with Gasteiger partial charge in [-0.05, 0) is 113 Å². The molecule has 1 saturated carbocycles. The van der Waals surface area contributed by atoms with E-state index in [4.69, 9.17) is 18.9 Å². The van der Waals surface area contributed by atoms with E-state index in [0.29, 0.717) is 36.2 Å². The molecule has 0 amide bonds. The van der Waals surface area contributed by atoms with Gasteiger partial charge in [-0.3, -0.25) is 4.79 Å². The van der Waals surface area contributed by atoms with E-state index in [9.17, 15) is 4.79 Å². The Labute approximate surface area is 212 Å². The lowest BCUT2D eigenvalue weighted by molar-refractivity contribution is -0.112. The Morgan fingerprint density at radius 1 is 0.788 bits per heavy atom. The number of halogens is 2. The summed E-state index contributed by atoms with van der Waals surface area (Å²) in [5, 5.41) is 0. The van der Waals surface area contributed by atoms with Crippen LogP contribution in [0.15, 0.2) is 44.4 Å². The first-order valence-electron chi connectivity index (χ1n) is 10.9. The van der Waals surface area contributed by atoms with Crippen LogP contribution >= 0.6 is 31.9 Å². The van der Waals surface area contributed by atoms with Gasteiger partial charge in [0.25, 0.3) is 0 Å². The molecule has 0 saturated heterocycles. The van der Waals surface area contributed by atoms with E-state index in [1.165, 1.54) is 0 Å². The van der Waals surface area contributed by atoms with Crippen LogP contribution in [0.5, 0.6) is 23.0 Å². The summed E-state index contributed by atoms with van der Waals surface area (Å²) >= 11 is 7.11. The molecule has 0 radical (unpaired) electrons. The van der Waals surface area contributed by atoms with Crippen LogP contribution in [0.1, 0.15) is 44.2 Å². The van der Waals surface area contributed by atoms with Crippen molar-refractivity contribution in [2.75, 3.05) is 27.4 Å². The molecular formula is C26H28Br2O5. The first-order chi connectivity index (χ1) is 15.9. The minimum Gasteiger partial charge on any atom is -0.493 e. The summed E-state index contributed by atoms with van der Waals surface area (Å²) in [6, 6.07) is 7.67. The van der Waals surface area contributed by atoms with Crippen molar-refractivity contribution in [2.24, 2.45) is 0 Å². The zero-order valence-corrected chi connectivity index (χ0v) is 22.5. The van der Waals surface area contributed by atoms with Crippen molar-refractivity contribution < 1.29 is 23.7 Å². The molecule has 2 aromatic rings. The number of ketones is 1. The fraction of sp³-hybridized carbons (Fsp3) is 0.346. The quantitative estimate of drug-likeness (QED) is 0.308. The van der Waals surface area contributed by atoms with E-state index in [1.807, 2.05) is 50.3 Å². The molecule has 2 aromatic carbocycles. The number of hydrogen-bond donors (Lipinski definition) is 0. The highest BCUT2D eigenvalue weighted by Gasteiger charge is 2.22. The van der Waals surface area contributed by atoms with Crippen molar-refractivity contribution in [1.29, 1.82) is 0 Å². The third kappa shape index (κ3) is 6.01. The van der Waals surface area contributed by atoms with Gasteiger partial charge >= 0.3 is 0 Å². The van der Waals surface area contributed by atoms with Gasteiger partial charge < -0.3 is 18.9 Å². The summed E-state index contributed by atoms with van der Waals surface area (Å²) in [7, 11) is 3.22. The van der Waals surface area contributed by atoms with Gasteiger partial charge in [-0.1, -0.05) is 0 Å². The standard InChI is InChI=1S/C26H28Br2O5/c1-5-32-25-20(27)12-16(14-22(25)30-3)10-18-8-7-9-19(24(18)29)11-17-13-21(28)26(33-6-2)23(15-17)31-4/h10-15H,5-9H2,1-4H3/b18-10-,19-11+. The second-order valence-electron chi connectivity index (χ2n) is 7.46. The van der Waals surface area contributed by atoms with Crippen LogP contribution in [0.2, 0.25) is 0 Å². The lowest BCUT2D eigenvalue weighted by Crippen LogP contribution is -2.12. The van der Waals surface area contributed by atoms with Crippen molar-refractivity contribution in [2.45, 2.75) is 33.1 Å². The summed E-state index contributed by atoms with van der Waals surface area (Å²) < 4.78 is 23.9. The molecule has 0 aromatic heterocycles. The van der Waals surface area contributed by atoms with Crippen LogP contribution in [0.3, 0.4) is 0 Å². The van der Waals surface area contributed by atoms with Crippen molar-refractivity contribution in [3.8, 4) is 23.0 Å². The number of Topliss-reactive ketones (excluding diaryl/α,β-unsaturated/α-hetero) is 1. The Hall–Kier alpha value is -2.25. The van der Waals surface area contributed by atoms with Crippen LogP contribution < -0.4 is 18.9 Å². The van der Waals surface area contributed by atoms with Gasteiger partial charge in [0.05, 0.1) is 36.4 Å². The van der Waals surface area contributed by atoms with Gasteiger partial charge in [0, 0.05) is 11.1 Å². The highest BCUT2D eigenvalue weighted by atomic mass is 79.9. The van der Waals surface area contributed by atoms with Crippen LogP contribution in [-0.2, 0) is 4.79 Å². The van der Waals surface area contributed by atoms with Gasteiger partial charge in [0.2, 0.25) is 0 Å².